The SMILES string of the molecule is Cc1cc(CCCCCCC(C)(C)C(=O)O)cc(CCCCC(C)(C)C(=O)O)c1. The molecule has 1 aromatic carbocycles. The van der Waals surface area contributed by atoms with Gasteiger partial charge in [0, 0.05) is 0 Å². The molecule has 0 heterocycles. The number of benzene rings is 1. The van der Waals surface area contributed by atoms with Crippen LogP contribution in [0.1, 0.15) is 95.8 Å². The number of carboxylic acids is 2. The van der Waals surface area contributed by atoms with E-state index in [0.29, 0.717) is 6.42 Å². The zero-order valence-electron chi connectivity index (χ0n) is 19.0. The lowest BCUT2D eigenvalue weighted by Gasteiger charge is -2.18. The highest BCUT2D eigenvalue weighted by Crippen LogP contribution is 2.25. The first kappa shape index (κ1) is 25.2. The number of hydrogen-bond acceptors (Lipinski definition) is 2. The minimum absolute atomic E-state index is 0.620. The smallest absolute Gasteiger partial charge is 0.309 e. The van der Waals surface area contributed by atoms with Crippen LogP contribution in [0, 0.1) is 17.8 Å². The van der Waals surface area contributed by atoms with E-state index in [9.17, 15) is 14.7 Å². The first-order valence-electron chi connectivity index (χ1n) is 11.0. The van der Waals surface area contributed by atoms with Gasteiger partial charge in [-0.1, -0.05) is 49.4 Å². The molecule has 4 nitrogen and oxygen atoms in total. The lowest BCUT2D eigenvalue weighted by molar-refractivity contribution is -0.148. The molecular formula is C25H40O4. The van der Waals surface area contributed by atoms with Crippen LogP contribution in [-0.4, -0.2) is 22.2 Å². The van der Waals surface area contributed by atoms with Crippen molar-refractivity contribution in [2.45, 2.75) is 98.8 Å². The number of carboxylic acid groups (broad SMARTS) is 2. The largest absolute Gasteiger partial charge is 0.481 e. The molecule has 0 saturated heterocycles. The standard InChI is InChI=1S/C25H40O4/c1-19-16-20(12-8-6-7-10-14-24(2,3)22(26)27)18-21(17-19)13-9-11-15-25(4,5)23(28)29/h16-18H,6-15H2,1-5H3,(H,26,27)(H,28,29). The Hall–Kier alpha value is -1.84. The first-order valence-corrected chi connectivity index (χ1v) is 11.0. The van der Waals surface area contributed by atoms with Crippen LogP contribution in [0.25, 0.3) is 0 Å². The molecule has 0 spiro atoms. The van der Waals surface area contributed by atoms with E-state index < -0.39 is 22.8 Å². The molecule has 0 aliphatic carbocycles. The minimum Gasteiger partial charge on any atom is -0.481 e. The maximum Gasteiger partial charge on any atom is 0.309 e. The lowest BCUT2D eigenvalue weighted by atomic mass is 9.86. The highest BCUT2D eigenvalue weighted by Gasteiger charge is 2.26. The maximum atomic E-state index is 11.2. The van der Waals surface area contributed by atoms with Gasteiger partial charge in [0.15, 0.2) is 0 Å². The summed E-state index contributed by atoms with van der Waals surface area (Å²) in [6.07, 6.45) is 9.73. The van der Waals surface area contributed by atoms with Crippen molar-refractivity contribution in [3.05, 3.63) is 34.9 Å². The van der Waals surface area contributed by atoms with Crippen LogP contribution in [-0.2, 0) is 22.4 Å². The molecule has 0 saturated carbocycles. The van der Waals surface area contributed by atoms with E-state index in [0.717, 1.165) is 57.8 Å². The molecule has 0 radical (unpaired) electrons. The summed E-state index contributed by atoms with van der Waals surface area (Å²) in [5.74, 6) is -1.43. The molecular weight excluding hydrogens is 364 g/mol. The van der Waals surface area contributed by atoms with Crippen LogP contribution in [0.15, 0.2) is 18.2 Å². The van der Waals surface area contributed by atoms with Gasteiger partial charge in [-0.15, -0.1) is 0 Å². The Bertz CT molecular complexity index is 673. The summed E-state index contributed by atoms with van der Waals surface area (Å²) >= 11 is 0. The van der Waals surface area contributed by atoms with E-state index in [-0.39, 0.29) is 0 Å². The van der Waals surface area contributed by atoms with Crippen LogP contribution in [0.5, 0.6) is 0 Å². The van der Waals surface area contributed by atoms with Gasteiger partial charge in [0.2, 0.25) is 0 Å². The van der Waals surface area contributed by atoms with Crippen LogP contribution in [0.3, 0.4) is 0 Å². The third-order valence-corrected chi connectivity index (χ3v) is 5.89. The van der Waals surface area contributed by atoms with Gasteiger partial charge in [-0.2, -0.15) is 0 Å². The predicted molar refractivity (Wildman–Crippen MR) is 118 cm³/mol. The quantitative estimate of drug-likeness (QED) is 0.351. The van der Waals surface area contributed by atoms with Gasteiger partial charge in [-0.05, 0) is 84.3 Å². The van der Waals surface area contributed by atoms with Crippen molar-refractivity contribution in [1.29, 1.82) is 0 Å². The van der Waals surface area contributed by atoms with Gasteiger partial charge in [0.25, 0.3) is 0 Å². The fraction of sp³-hybridized carbons (Fsp3) is 0.680. The predicted octanol–water partition coefficient (Wildman–Crippen LogP) is 6.42. The monoisotopic (exact) mass is 404 g/mol. The number of aliphatic carboxylic acids is 2. The van der Waals surface area contributed by atoms with E-state index in [1.165, 1.54) is 16.7 Å². The van der Waals surface area contributed by atoms with Crippen molar-refractivity contribution < 1.29 is 19.8 Å². The molecule has 0 bridgehead atoms. The molecule has 0 aromatic heterocycles. The average Bonchev–Trinajstić information content (AvgIpc) is 2.61. The van der Waals surface area contributed by atoms with Gasteiger partial charge < -0.3 is 10.2 Å². The summed E-state index contributed by atoms with van der Waals surface area (Å²) in [7, 11) is 0. The van der Waals surface area contributed by atoms with Crippen molar-refractivity contribution in [1.82, 2.24) is 0 Å². The summed E-state index contributed by atoms with van der Waals surface area (Å²) in [5.41, 5.74) is 2.74. The second-order valence-electron chi connectivity index (χ2n) is 9.83. The Morgan fingerprint density at radius 2 is 1.07 bits per heavy atom. The normalized spacial score (nSPS) is 12.2. The molecule has 1 aromatic rings. The van der Waals surface area contributed by atoms with Gasteiger partial charge >= 0.3 is 11.9 Å². The van der Waals surface area contributed by atoms with Gasteiger partial charge in [0.05, 0.1) is 10.8 Å². The molecule has 1 rings (SSSR count). The Kier molecular flexibility index (Phi) is 9.88. The highest BCUT2D eigenvalue weighted by molar-refractivity contribution is 5.73. The van der Waals surface area contributed by atoms with E-state index in [1.54, 1.807) is 27.7 Å². The maximum absolute atomic E-state index is 11.2. The zero-order chi connectivity index (χ0) is 22.1. The summed E-state index contributed by atoms with van der Waals surface area (Å²) in [4.78, 5) is 22.3. The summed E-state index contributed by atoms with van der Waals surface area (Å²) in [5, 5.41) is 18.4. The van der Waals surface area contributed by atoms with Gasteiger partial charge in [-0.25, -0.2) is 0 Å². The fourth-order valence-electron chi connectivity index (χ4n) is 3.60. The second kappa shape index (κ2) is 11.4. The Labute approximate surface area is 176 Å². The van der Waals surface area contributed by atoms with Gasteiger partial charge in [-0.3, -0.25) is 9.59 Å². The summed E-state index contributed by atoms with van der Waals surface area (Å²) in [6, 6.07) is 6.78. The topological polar surface area (TPSA) is 74.6 Å². The van der Waals surface area contributed by atoms with Crippen LogP contribution in [0.4, 0.5) is 0 Å². The number of rotatable bonds is 14. The first-order chi connectivity index (χ1) is 13.4. The fourth-order valence-corrected chi connectivity index (χ4v) is 3.60. The van der Waals surface area contributed by atoms with Gasteiger partial charge in [0.1, 0.15) is 0 Å². The second-order valence-corrected chi connectivity index (χ2v) is 9.83. The molecule has 0 unspecified atom stereocenters. The van der Waals surface area contributed by atoms with Crippen molar-refractivity contribution in [3.63, 3.8) is 0 Å². The molecule has 0 atom stereocenters. The minimum atomic E-state index is -0.720. The number of unbranched alkanes of at least 4 members (excludes halogenated alkanes) is 4. The number of carbonyl (C=O) groups is 2. The van der Waals surface area contributed by atoms with E-state index in [4.69, 9.17) is 5.11 Å². The third kappa shape index (κ3) is 9.47. The number of aryl methyl sites for hydroxylation is 3. The van der Waals surface area contributed by atoms with Crippen LogP contribution >= 0.6 is 0 Å². The summed E-state index contributed by atoms with van der Waals surface area (Å²) < 4.78 is 0. The van der Waals surface area contributed by atoms with Crippen molar-refractivity contribution in [2.75, 3.05) is 0 Å². The van der Waals surface area contributed by atoms with E-state index >= 15 is 0 Å². The Morgan fingerprint density at radius 1 is 0.690 bits per heavy atom. The molecule has 0 aliphatic rings. The Balaban J connectivity index is 2.36. The highest BCUT2D eigenvalue weighted by atomic mass is 16.4. The molecule has 0 aliphatic heterocycles. The Morgan fingerprint density at radius 3 is 1.52 bits per heavy atom. The zero-order valence-corrected chi connectivity index (χ0v) is 19.0. The van der Waals surface area contributed by atoms with E-state index in [2.05, 4.69) is 25.1 Å². The van der Waals surface area contributed by atoms with Crippen LogP contribution < -0.4 is 0 Å². The molecule has 164 valence electrons. The van der Waals surface area contributed by atoms with E-state index in [1.807, 2.05) is 0 Å². The lowest BCUT2D eigenvalue weighted by Crippen LogP contribution is -2.23. The van der Waals surface area contributed by atoms with Crippen molar-refractivity contribution in [2.24, 2.45) is 10.8 Å². The molecule has 2 N–H and O–H groups in total. The van der Waals surface area contributed by atoms with Crippen molar-refractivity contribution in [3.8, 4) is 0 Å². The molecule has 0 fully saturated rings. The van der Waals surface area contributed by atoms with Crippen LogP contribution in [0.2, 0.25) is 0 Å². The third-order valence-electron chi connectivity index (χ3n) is 5.89. The number of hydrogen-bond donors (Lipinski definition) is 2. The molecule has 4 heteroatoms. The molecule has 0 amide bonds. The molecule has 29 heavy (non-hydrogen) atoms. The average molecular weight is 405 g/mol. The summed E-state index contributed by atoms with van der Waals surface area (Å²) in [6.45, 7) is 9.32. The van der Waals surface area contributed by atoms with Crippen molar-refractivity contribution >= 4 is 11.9 Å².